The van der Waals surface area contributed by atoms with E-state index in [1.54, 1.807) is 24.4 Å². The summed E-state index contributed by atoms with van der Waals surface area (Å²) in [4.78, 5) is 39.7. The highest BCUT2D eigenvalue weighted by Crippen LogP contribution is 2.16. The van der Waals surface area contributed by atoms with Gasteiger partial charge in [0.1, 0.15) is 0 Å². The number of hydrogen-bond donors (Lipinski definition) is 2. The molecular weight excluding hydrogens is 350 g/mol. The first kappa shape index (κ1) is 18.1. The second kappa shape index (κ2) is 9.14. The van der Waals surface area contributed by atoms with Gasteiger partial charge >= 0.3 is 5.97 Å². The van der Waals surface area contributed by atoms with E-state index in [0.29, 0.717) is 22.3 Å². The molecule has 2 aromatic heterocycles. The van der Waals surface area contributed by atoms with Crippen molar-refractivity contribution < 1.29 is 19.1 Å². The molecule has 0 unspecified atom stereocenters. The van der Waals surface area contributed by atoms with Gasteiger partial charge in [0, 0.05) is 18.3 Å². The van der Waals surface area contributed by atoms with Crippen LogP contribution < -0.4 is 10.6 Å². The van der Waals surface area contributed by atoms with E-state index in [2.05, 4.69) is 15.6 Å². The third-order valence-electron chi connectivity index (χ3n) is 2.81. The van der Waals surface area contributed by atoms with Crippen molar-refractivity contribution in [1.29, 1.82) is 0 Å². The van der Waals surface area contributed by atoms with Crippen LogP contribution in [0, 0.1) is 0 Å². The van der Waals surface area contributed by atoms with Gasteiger partial charge in [-0.25, -0.2) is 4.98 Å². The largest absolute Gasteiger partial charge is 0.466 e. The van der Waals surface area contributed by atoms with E-state index in [4.69, 9.17) is 4.74 Å². The smallest absolute Gasteiger partial charge is 0.311 e. The van der Waals surface area contributed by atoms with Crippen LogP contribution in [-0.4, -0.2) is 35.9 Å². The van der Waals surface area contributed by atoms with Crippen LogP contribution in [0.25, 0.3) is 0 Å². The summed E-state index contributed by atoms with van der Waals surface area (Å²) in [5, 5.41) is 9.26. The van der Waals surface area contributed by atoms with Crippen molar-refractivity contribution >= 4 is 45.6 Å². The van der Waals surface area contributed by atoms with E-state index in [0.717, 1.165) is 0 Å². The predicted octanol–water partition coefficient (Wildman–Crippen LogP) is 2.07. The first-order chi connectivity index (χ1) is 11.6. The number of amides is 2. The molecule has 0 spiro atoms. The lowest BCUT2D eigenvalue weighted by Crippen LogP contribution is -2.27. The minimum atomic E-state index is -0.350. The molecule has 7 nitrogen and oxygen atoms in total. The normalized spacial score (nSPS) is 10.2. The number of anilines is 1. The van der Waals surface area contributed by atoms with Crippen LogP contribution in [0.15, 0.2) is 22.9 Å². The molecule has 0 fully saturated rings. The Morgan fingerprint density at radius 1 is 1.29 bits per heavy atom. The average molecular weight is 367 g/mol. The lowest BCUT2D eigenvalue weighted by atomic mass is 10.3. The van der Waals surface area contributed by atoms with Crippen molar-refractivity contribution in [3.63, 3.8) is 0 Å². The molecule has 0 aromatic carbocycles. The van der Waals surface area contributed by atoms with E-state index in [1.807, 2.05) is 5.38 Å². The van der Waals surface area contributed by atoms with Gasteiger partial charge in [0.05, 0.1) is 23.6 Å². The minimum absolute atomic E-state index is 0.0804. The summed E-state index contributed by atoms with van der Waals surface area (Å²) in [6, 6.07) is 3.52. The summed E-state index contributed by atoms with van der Waals surface area (Å²) in [7, 11) is 0. The number of hydrogen-bond acceptors (Lipinski definition) is 7. The van der Waals surface area contributed by atoms with Crippen LogP contribution >= 0.6 is 22.7 Å². The monoisotopic (exact) mass is 367 g/mol. The lowest BCUT2D eigenvalue weighted by molar-refractivity contribution is -0.142. The Hall–Kier alpha value is -2.26. The van der Waals surface area contributed by atoms with Crippen molar-refractivity contribution in [1.82, 2.24) is 10.3 Å². The average Bonchev–Trinajstić information content (AvgIpc) is 3.19. The first-order valence-electron chi connectivity index (χ1n) is 7.30. The molecule has 24 heavy (non-hydrogen) atoms. The van der Waals surface area contributed by atoms with Crippen LogP contribution in [0.4, 0.5) is 5.13 Å². The van der Waals surface area contributed by atoms with Crippen LogP contribution in [0.3, 0.4) is 0 Å². The molecule has 0 aliphatic heterocycles. The van der Waals surface area contributed by atoms with E-state index in [1.165, 1.54) is 22.7 Å². The molecule has 2 N–H and O–H groups in total. The predicted molar refractivity (Wildman–Crippen MR) is 92.3 cm³/mol. The van der Waals surface area contributed by atoms with Crippen LogP contribution in [-0.2, 0) is 20.7 Å². The minimum Gasteiger partial charge on any atom is -0.466 e. The van der Waals surface area contributed by atoms with Gasteiger partial charge in [-0.05, 0) is 18.4 Å². The van der Waals surface area contributed by atoms with E-state index >= 15 is 0 Å². The number of rotatable bonds is 8. The summed E-state index contributed by atoms with van der Waals surface area (Å²) in [5.74, 6) is -0.792. The van der Waals surface area contributed by atoms with Crippen LogP contribution in [0.2, 0.25) is 0 Å². The zero-order chi connectivity index (χ0) is 17.4. The van der Waals surface area contributed by atoms with Crippen molar-refractivity contribution in [3.8, 4) is 0 Å². The zero-order valence-electron chi connectivity index (χ0n) is 13.0. The number of carbonyl (C=O) groups excluding carboxylic acids is 3. The van der Waals surface area contributed by atoms with E-state index < -0.39 is 0 Å². The molecule has 0 radical (unpaired) electrons. The van der Waals surface area contributed by atoms with Crippen LogP contribution in [0.5, 0.6) is 0 Å². The van der Waals surface area contributed by atoms with E-state index in [-0.39, 0.29) is 37.2 Å². The lowest BCUT2D eigenvalue weighted by Gasteiger charge is -2.03. The van der Waals surface area contributed by atoms with Gasteiger partial charge in [-0.2, -0.15) is 0 Å². The van der Waals surface area contributed by atoms with Gasteiger partial charge in [0.2, 0.25) is 5.91 Å². The number of nitrogens with zero attached hydrogens (tertiary/aromatic N) is 1. The fraction of sp³-hybridized carbons (Fsp3) is 0.333. The number of esters is 1. The molecule has 2 rings (SSSR count). The van der Waals surface area contributed by atoms with Gasteiger partial charge in [0.15, 0.2) is 5.13 Å². The summed E-state index contributed by atoms with van der Waals surface area (Å²) >= 11 is 2.58. The molecule has 0 saturated carbocycles. The fourth-order valence-corrected chi connectivity index (χ4v) is 3.14. The second-order valence-electron chi connectivity index (χ2n) is 4.66. The Bertz CT molecular complexity index is 697. The standard InChI is InChI=1S/C15H17N3O4S2/c1-2-22-13(20)8-10-9-24-15(17-10)18-12(19)5-6-16-14(21)11-4-3-7-23-11/h3-4,7,9H,2,5-6,8H2,1H3,(H,16,21)(H,17,18,19). The SMILES string of the molecule is CCOC(=O)Cc1csc(NC(=O)CCNC(=O)c2cccs2)n1. The Balaban J connectivity index is 1.71. The molecule has 9 heteroatoms. The molecule has 0 atom stereocenters. The number of thiazole rings is 1. The molecule has 2 heterocycles. The maximum atomic E-state index is 11.8. The van der Waals surface area contributed by atoms with Gasteiger partial charge in [0.25, 0.3) is 5.91 Å². The number of aromatic nitrogens is 1. The van der Waals surface area contributed by atoms with E-state index in [9.17, 15) is 14.4 Å². The third-order valence-corrected chi connectivity index (χ3v) is 4.49. The third kappa shape index (κ3) is 5.74. The summed E-state index contributed by atoms with van der Waals surface area (Å²) in [6.45, 7) is 2.30. The highest BCUT2D eigenvalue weighted by Gasteiger charge is 2.11. The van der Waals surface area contributed by atoms with Crippen molar-refractivity contribution in [2.45, 2.75) is 19.8 Å². The van der Waals surface area contributed by atoms with Crippen molar-refractivity contribution in [2.24, 2.45) is 0 Å². The van der Waals surface area contributed by atoms with Gasteiger partial charge in [-0.3, -0.25) is 14.4 Å². The van der Waals surface area contributed by atoms with Crippen molar-refractivity contribution in [3.05, 3.63) is 33.5 Å². The molecule has 128 valence electrons. The Labute approximate surface area is 147 Å². The maximum Gasteiger partial charge on any atom is 0.311 e. The molecule has 0 aliphatic rings. The topological polar surface area (TPSA) is 97.4 Å². The number of nitrogens with one attached hydrogen (secondary N) is 2. The molecule has 0 bridgehead atoms. The summed E-state index contributed by atoms with van der Waals surface area (Å²) in [5.41, 5.74) is 0.555. The second-order valence-corrected chi connectivity index (χ2v) is 6.46. The molecule has 0 aliphatic carbocycles. The zero-order valence-corrected chi connectivity index (χ0v) is 14.7. The Kier molecular flexibility index (Phi) is 6.89. The maximum absolute atomic E-state index is 11.8. The number of carbonyl (C=O) groups is 3. The molecular formula is C15H17N3O4S2. The molecule has 2 amide bonds. The Morgan fingerprint density at radius 3 is 2.83 bits per heavy atom. The Morgan fingerprint density at radius 2 is 2.12 bits per heavy atom. The molecule has 2 aromatic rings. The summed E-state index contributed by atoms with van der Waals surface area (Å²) < 4.78 is 4.84. The van der Waals surface area contributed by atoms with Crippen LogP contribution in [0.1, 0.15) is 28.7 Å². The number of thiophene rings is 1. The number of ether oxygens (including phenoxy) is 1. The van der Waals surface area contributed by atoms with Gasteiger partial charge in [-0.15, -0.1) is 22.7 Å². The van der Waals surface area contributed by atoms with Gasteiger partial charge in [-0.1, -0.05) is 6.07 Å². The fourth-order valence-electron chi connectivity index (χ4n) is 1.77. The quantitative estimate of drug-likeness (QED) is 0.696. The highest BCUT2D eigenvalue weighted by molar-refractivity contribution is 7.14. The molecule has 0 saturated heterocycles. The highest BCUT2D eigenvalue weighted by atomic mass is 32.1. The first-order valence-corrected chi connectivity index (χ1v) is 9.06. The summed E-state index contributed by atoms with van der Waals surface area (Å²) in [6.07, 6.45) is 0.223. The van der Waals surface area contributed by atoms with Crippen molar-refractivity contribution in [2.75, 3.05) is 18.5 Å². The van der Waals surface area contributed by atoms with Gasteiger partial charge < -0.3 is 15.4 Å².